The van der Waals surface area contributed by atoms with Crippen molar-refractivity contribution in [1.29, 1.82) is 10.5 Å². The summed E-state index contributed by atoms with van der Waals surface area (Å²) in [5.41, 5.74) is 3.77. The van der Waals surface area contributed by atoms with E-state index in [2.05, 4.69) is 42.5 Å². The molecule has 5 aromatic rings. The maximum atomic E-state index is 8.86. The van der Waals surface area contributed by atoms with Gasteiger partial charge < -0.3 is 0 Å². The lowest BCUT2D eigenvalue weighted by atomic mass is 10.1. The van der Waals surface area contributed by atoms with Crippen LogP contribution in [0.2, 0.25) is 5.02 Å². The first-order valence-electron chi connectivity index (χ1n) is 10.3. The lowest BCUT2D eigenvalue weighted by Crippen LogP contribution is -2.04. The number of tetrazole rings is 1. The zero-order valence-electron chi connectivity index (χ0n) is 18.1. The summed E-state index contributed by atoms with van der Waals surface area (Å²) in [6, 6.07) is 27.9. The third kappa shape index (κ3) is 5.79. The first-order chi connectivity index (χ1) is 17.1. The summed E-state index contributed by atoms with van der Waals surface area (Å²) < 4.78 is 2.37. The van der Waals surface area contributed by atoms with Crippen LogP contribution in [0, 0.1) is 22.7 Å². The van der Waals surface area contributed by atoms with Gasteiger partial charge >= 0.3 is 0 Å². The van der Waals surface area contributed by atoms with Crippen molar-refractivity contribution in [2.75, 3.05) is 0 Å². The summed E-state index contributed by atoms with van der Waals surface area (Å²) in [6.45, 7) is 0.453. The summed E-state index contributed by atoms with van der Waals surface area (Å²) in [5, 5.41) is 34.8. The molecule has 2 heterocycles. The quantitative estimate of drug-likeness (QED) is 0.299. The van der Waals surface area contributed by atoms with Gasteiger partial charge in [-0.25, -0.2) is 4.68 Å². The van der Waals surface area contributed by atoms with Gasteiger partial charge in [-0.05, 0) is 63.1 Å². The number of rotatable bonds is 4. The van der Waals surface area contributed by atoms with E-state index >= 15 is 0 Å². The summed E-state index contributed by atoms with van der Waals surface area (Å²) in [4.78, 5) is 1.50. The highest BCUT2D eigenvalue weighted by molar-refractivity contribution is 9.10. The average molecular weight is 544 g/mol. The second-order valence-corrected chi connectivity index (χ2v) is 8.30. The minimum atomic E-state index is 0.453. The molecule has 3 aromatic carbocycles. The van der Waals surface area contributed by atoms with Gasteiger partial charge in [-0.3, -0.25) is 0 Å². The van der Waals surface area contributed by atoms with E-state index in [-0.39, 0.29) is 0 Å². The monoisotopic (exact) mass is 542 g/mol. The summed E-state index contributed by atoms with van der Waals surface area (Å²) in [7, 11) is 0. The van der Waals surface area contributed by atoms with Gasteiger partial charge in [0, 0.05) is 0 Å². The standard InChI is InChI=1S/C18H11BrClN7.C7H5N/c19-17-14(10-22-27(17)16-4-2-1-3-15(16)20)18-23-25-26(24-18)11-13-7-5-12(9-21)6-8-13;8-6-7-4-2-1-3-5-7/h1-8,10H,11H2;1-5H. The van der Waals surface area contributed by atoms with Crippen LogP contribution in [0.4, 0.5) is 0 Å². The van der Waals surface area contributed by atoms with Gasteiger partial charge in [-0.15, -0.1) is 10.2 Å². The van der Waals surface area contributed by atoms with Gasteiger partial charge in [0.2, 0.25) is 5.82 Å². The van der Waals surface area contributed by atoms with Crippen LogP contribution in [0.1, 0.15) is 16.7 Å². The molecule has 0 aliphatic heterocycles. The summed E-state index contributed by atoms with van der Waals surface area (Å²) >= 11 is 9.80. The minimum absolute atomic E-state index is 0.453. The molecule has 5 rings (SSSR count). The summed E-state index contributed by atoms with van der Waals surface area (Å²) in [5.74, 6) is 0.453. The second-order valence-electron chi connectivity index (χ2n) is 7.14. The number of nitrogens with zero attached hydrogens (tertiary/aromatic N) is 8. The smallest absolute Gasteiger partial charge is 0.209 e. The van der Waals surface area contributed by atoms with E-state index in [9.17, 15) is 0 Å². The molecule has 170 valence electrons. The number of para-hydroxylation sites is 1. The first-order valence-corrected chi connectivity index (χ1v) is 11.5. The topological polar surface area (TPSA) is 109 Å². The molecule has 8 nitrogen and oxygen atoms in total. The van der Waals surface area contributed by atoms with E-state index in [4.69, 9.17) is 22.1 Å². The van der Waals surface area contributed by atoms with Gasteiger partial charge in [-0.2, -0.15) is 20.4 Å². The molecule has 10 heteroatoms. The average Bonchev–Trinajstić information content (AvgIpc) is 3.52. The zero-order chi connectivity index (χ0) is 24.6. The number of hydrogen-bond acceptors (Lipinski definition) is 6. The van der Waals surface area contributed by atoms with Crippen molar-refractivity contribution in [2.45, 2.75) is 6.54 Å². The molecule has 0 atom stereocenters. The van der Waals surface area contributed by atoms with Gasteiger partial charge in [0.1, 0.15) is 4.60 Å². The Balaban J connectivity index is 0.000000308. The van der Waals surface area contributed by atoms with Crippen LogP contribution in [0.3, 0.4) is 0 Å². The Kier molecular flexibility index (Phi) is 7.63. The molecule has 2 aromatic heterocycles. The van der Waals surface area contributed by atoms with Crippen molar-refractivity contribution in [3.63, 3.8) is 0 Å². The zero-order valence-corrected chi connectivity index (χ0v) is 20.5. The van der Waals surface area contributed by atoms with Gasteiger partial charge in [0.05, 0.1) is 52.3 Å². The third-order valence-electron chi connectivity index (χ3n) is 4.79. The van der Waals surface area contributed by atoms with E-state index in [1.54, 1.807) is 41.2 Å². The summed E-state index contributed by atoms with van der Waals surface area (Å²) in [6.07, 6.45) is 1.66. The second kappa shape index (κ2) is 11.2. The Bertz CT molecular complexity index is 1510. The molecule has 0 fully saturated rings. The fourth-order valence-corrected chi connectivity index (χ4v) is 3.83. The van der Waals surface area contributed by atoms with Crippen molar-refractivity contribution >= 4 is 27.5 Å². The van der Waals surface area contributed by atoms with Crippen molar-refractivity contribution in [1.82, 2.24) is 30.0 Å². The van der Waals surface area contributed by atoms with E-state index in [0.29, 0.717) is 38.7 Å². The normalized spacial score (nSPS) is 10.1. The Hall–Kier alpha value is -4.31. The molecule has 0 aliphatic rings. The molecule has 0 aliphatic carbocycles. The third-order valence-corrected chi connectivity index (χ3v) is 5.88. The van der Waals surface area contributed by atoms with Crippen LogP contribution in [0.15, 0.2) is 89.7 Å². The Labute approximate surface area is 214 Å². The molecule has 0 N–H and O–H groups in total. The van der Waals surface area contributed by atoms with Crippen LogP contribution >= 0.6 is 27.5 Å². The molecule has 0 saturated heterocycles. The van der Waals surface area contributed by atoms with Crippen molar-refractivity contribution in [3.8, 4) is 29.2 Å². The minimum Gasteiger partial charge on any atom is -0.224 e. The largest absolute Gasteiger partial charge is 0.224 e. The highest BCUT2D eigenvalue weighted by Gasteiger charge is 2.17. The maximum Gasteiger partial charge on any atom is 0.209 e. The number of aromatic nitrogens is 6. The molecule has 0 bridgehead atoms. The lowest BCUT2D eigenvalue weighted by Gasteiger charge is -2.05. The Morgan fingerprint density at radius 2 is 1.51 bits per heavy atom. The molecule has 0 amide bonds. The SMILES string of the molecule is N#Cc1ccc(Cn2nnc(-c3cnn(-c4ccccc4Cl)c3Br)n2)cc1.N#Cc1ccccc1. The van der Waals surface area contributed by atoms with Crippen LogP contribution < -0.4 is 0 Å². The van der Waals surface area contributed by atoms with Crippen molar-refractivity contribution in [2.24, 2.45) is 0 Å². The van der Waals surface area contributed by atoms with Crippen LogP contribution in [-0.4, -0.2) is 30.0 Å². The van der Waals surface area contributed by atoms with Crippen LogP contribution in [0.25, 0.3) is 17.1 Å². The van der Waals surface area contributed by atoms with Crippen LogP contribution in [0.5, 0.6) is 0 Å². The Morgan fingerprint density at radius 1 is 0.857 bits per heavy atom. The van der Waals surface area contributed by atoms with E-state index in [1.807, 2.05) is 54.6 Å². The van der Waals surface area contributed by atoms with E-state index < -0.39 is 0 Å². The van der Waals surface area contributed by atoms with Crippen LogP contribution in [-0.2, 0) is 6.54 Å². The van der Waals surface area contributed by atoms with E-state index in [0.717, 1.165) is 11.3 Å². The van der Waals surface area contributed by atoms with E-state index in [1.165, 1.54) is 4.80 Å². The molecule has 0 spiro atoms. The first kappa shape index (κ1) is 23.8. The fraction of sp³-hybridized carbons (Fsp3) is 0.0400. The Morgan fingerprint density at radius 3 is 2.17 bits per heavy atom. The van der Waals surface area contributed by atoms with Crippen molar-refractivity contribution in [3.05, 3.63) is 111 Å². The molecular formula is C25H16BrClN8. The van der Waals surface area contributed by atoms with Gasteiger partial charge in [0.15, 0.2) is 0 Å². The molecule has 0 unspecified atom stereocenters. The molecule has 35 heavy (non-hydrogen) atoms. The molecule has 0 saturated carbocycles. The number of benzene rings is 3. The number of halogens is 2. The predicted octanol–water partition coefficient (Wildman–Crippen LogP) is 5.42. The maximum absolute atomic E-state index is 8.86. The van der Waals surface area contributed by atoms with Crippen molar-refractivity contribution < 1.29 is 0 Å². The highest BCUT2D eigenvalue weighted by Crippen LogP contribution is 2.30. The number of nitriles is 2. The molecular weight excluding hydrogens is 528 g/mol. The fourth-order valence-electron chi connectivity index (χ4n) is 3.05. The molecule has 0 radical (unpaired) electrons. The number of hydrogen-bond donors (Lipinski definition) is 0. The van der Waals surface area contributed by atoms with Gasteiger partial charge in [0.25, 0.3) is 0 Å². The highest BCUT2D eigenvalue weighted by atomic mass is 79.9. The predicted molar refractivity (Wildman–Crippen MR) is 135 cm³/mol. The lowest BCUT2D eigenvalue weighted by molar-refractivity contribution is 0.573. The van der Waals surface area contributed by atoms with Gasteiger partial charge in [-0.1, -0.05) is 54.1 Å².